The Labute approximate surface area is 177 Å². The molecule has 3 N–H and O–H groups in total. The van der Waals surface area contributed by atoms with Crippen LogP contribution < -0.4 is 15.8 Å². The number of nitrogens with one attached hydrogen (secondary N) is 1. The Bertz CT molecular complexity index is 777. The first-order valence-electron chi connectivity index (χ1n) is 10.0. The number of amides is 2. The van der Waals surface area contributed by atoms with Gasteiger partial charge in [0.1, 0.15) is 5.75 Å². The Morgan fingerprint density at radius 1 is 1.31 bits per heavy atom. The van der Waals surface area contributed by atoms with Crippen LogP contribution in [0.3, 0.4) is 0 Å². The Balaban J connectivity index is 0.00000300. The molecule has 0 aliphatic carbocycles. The van der Waals surface area contributed by atoms with E-state index >= 15 is 0 Å². The van der Waals surface area contributed by atoms with Gasteiger partial charge in [0.25, 0.3) is 5.91 Å². The quantitative estimate of drug-likeness (QED) is 0.709. The van der Waals surface area contributed by atoms with Crippen molar-refractivity contribution in [3.63, 3.8) is 0 Å². The number of rotatable bonds is 5. The maximum atomic E-state index is 12.9. The Hall–Kier alpha value is -2.12. The summed E-state index contributed by atoms with van der Waals surface area (Å²) in [7, 11) is 0. The van der Waals surface area contributed by atoms with Crippen molar-refractivity contribution in [1.82, 2.24) is 4.90 Å². The van der Waals surface area contributed by atoms with Gasteiger partial charge in [-0.25, -0.2) is 0 Å². The molecule has 29 heavy (non-hydrogen) atoms. The van der Waals surface area contributed by atoms with Crippen LogP contribution in [-0.4, -0.2) is 47.7 Å². The molecule has 0 saturated carbocycles. The van der Waals surface area contributed by atoms with Crippen LogP contribution >= 0.6 is 12.4 Å². The lowest BCUT2D eigenvalue weighted by Crippen LogP contribution is -2.50. The fourth-order valence-corrected chi connectivity index (χ4v) is 3.67. The first-order chi connectivity index (χ1) is 13.3. The molecule has 2 aliphatic heterocycles. The number of likely N-dealkylation sites (tertiary alicyclic amines) is 1. The normalized spacial score (nSPS) is 21.2. The standard InChI is InChI=1S/C21H29N3O4.ClH/c1-4-12(2)18(22)21(27)24-9-7-14(8-10-24)19(25)15-5-6-17-16(11-15)23-20(26)13(3)28-17;/h5-6,11-14,18H,4,7-10,22H2,1-3H3,(H,23,26);1H. The molecule has 3 atom stereocenters. The van der Waals surface area contributed by atoms with Gasteiger partial charge in [-0.1, -0.05) is 20.3 Å². The van der Waals surface area contributed by atoms with Crippen LogP contribution in [0.4, 0.5) is 5.69 Å². The number of anilines is 1. The number of ether oxygens (including phenoxy) is 1. The van der Waals surface area contributed by atoms with Crippen LogP contribution in [0.15, 0.2) is 18.2 Å². The molecule has 2 aliphatic rings. The highest BCUT2D eigenvalue weighted by molar-refractivity contribution is 6.02. The summed E-state index contributed by atoms with van der Waals surface area (Å²) >= 11 is 0. The smallest absolute Gasteiger partial charge is 0.265 e. The highest BCUT2D eigenvalue weighted by atomic mass is 35.5. The average Bonchev–Trinajstić information content (AvgIpc) is 2.72. The molecule has 0 aromatic heterocycles. The summed E-state index contributed by atoms with van der Waals surface area (Å²) in [4.78, 5) is 39.0. The number of fused-ring (bicyclic) bond motifs is 1. The average molecular weight is 424 g/mol. The minimum atomic E-state index is -0.544. The molecule has 160 valence electrons. The molecule has 7 nitrogen and oxygen atoms in total. The van der Waals surface area contributed by atoms with Gasteiger partial charge >= 0.3 is 0 Å². The minimum Gasteiger partial charge on any atom is -0.479 e. The van der Waals surface area contributed by atoms with E-state index in [9.17, 15) is 14.4 Å². The summed E-state index contributed by atoms with van der Waals surface area (Å²) in [6, 6.07) is 4.66. The van der Waals surface area contributed by atoms with Gasteiger partial charge in [-0.3, -0.25) is 14.4 Å². The predicted molar refractivity (Wildman–Crippen MR) is 113 cm³/mol. The van der Waals surface area contributed by atoms with Crippen molar-refractivity contribution in [2.45, 2.75) is 52.2 Å². The third-order valence-electron chi connectivity index (χ3n) is 5.91. The van der Waals surface area contributed by atoms with Crippen LogP contribution in [0.25, 0.3) is 0 Å². The Morgan fingerprint density at radius 3 is 2.59 bits per heavy atom. The number of hydrogen-bond acceptors (Lipinski definition) is 5. The van der Waals surface area contributed by atoms with Gasteiger partial charge in [0.15, 0.2) is 11.9 Å². The van der Waals surface area contributed by atoms with Gasteiger partial charge in [0.2, 0.25) is 5.91 Å². The van der Waals surface area contributed by atoms with Crippen molar-refractivity contribution in [3.05, 3.63) is 23.8 Å². The molecule has 2 heterocycles. The lowest BCUT2D eigenvalue weighted by Gasteiger charge is -2.34. The van der Waals surface area contributed by atoms with E-state index in [4.69, 9.17) is 10.5 Å². The Kier molecular flexibility index (Phi) is 7.66. The fourth-order valence-electron chi connectivity index (χ4n) is 3.67. The SMILES string of the molecule is CCC(C)C(N)C(=O)N1CCC(C(=O)c2ccc3c(c2)NC(=O)C(C)O3)CC1.Cl. The Morgan fingerprint density at radius 2 is 1.97 bits per heavy atom. The molecule has 3 unspecified atom stereocenters. The van der Waals surface area contributed by atoms with Crippen molar-refractivity contribution >= 4 is 35.7 Å². The summed E-state index contributed by atoms with van der Waals surface area (Å²) in [6.45, 7) is 6.77. The number of carbonyl (C=O) groups excluding carboxylic acids is 3. The first-order valence-corrected chi connectivity index (χ1v) is 10.0. The molecule has 1 aromatic carbocycles. The van der Waals surface area contributed by atoms with Gasteiger partial charge in [-0.05, 0) is 43.9 Å². The molecular formula is C21H30ClN3O4. The summed E-state index contributed by atoms with van der Waals surface area (Å²) in [6.07, 6.45) is 1.56. The highest BCUT2D eigenvalue weighted by Gasteiger charge is 2.32. The third kappa shape index (κ3) is 4.90. The van der Waals surface area contributed by atoms with Crippen molar-refractivity contribution < 1.29 is 19.1 Å². The van der Waals surface area contributed by atoms with E-state index in [-0.39, 0.29) is 41.8 Å². The summed E-state index contributed by atoms with van der Waals surface area (Å²) in [5, 5.41) is 2.78. The molecule has 1 aromatic rings. The maximum Gasteiger partial charge on any atom is 0.265 e. The molecule has 8 heteroatoms. The highest BCUT2D eigenvalue weighted by Crippen LogP contribution is 2.32. The topological polar surface area (TPSA) is 102 Å². The molecule has 2 amide bonds. The van der Waals surface area contributed by atoms with Crippen LogP contribution in [0.5, 0.6) is 5.75 Å². The van der Waals surface area contributed by atoms with E-state index < -0.39 is 12.1 Å². The number of halogens is 1. The molecule has 3 rings (SSSR count). The van der Waals surface area contributed by atoms with Gasteiger partial charge < -0.3 is 20.7 Å². The van der Waals surface area contributed by atoms with E-state index in [2.05, 4.69) is 5.32 Å². The summed E-state index contributed by atoms with van der Waals surface area (Å²) in [5.41, 5.74) is 7.15. The lowest BCUT2D eigenvalue weighted by molar-refractivity contribution is -0.135. The van der Waals surface area contributed by atoms with Crippen molar-refractivity contribution in [3.8, 4) is 5.75 Å². The van der Waals surface area contributed by atoms with E-state index in [0.717, 1.165) is 6.42 Å². The third-order valence-corrected chi connectivity index (χ3v) is 5.91. The van der Waals surface area contributed by atoms with Crippen molar-refractivity contribution in [2.24, 2.45) is 17.6 Å². The molecule has 1 saturated heterocycles. The van der Waals surface area contributed by atoms with E-state index in [1.807, 2.05) is 13.8 Å². The summed E-state index contributed by atoms with van der Waals surface area (Å²) in [5.74, 6) is 0.366. The minimum absolute atomic E-state index is 0. The zero-order chi connectivity index (χ0) is 20.4. The summed E-state index contributed by atoms with van der Waals surface area (Å²) < 4.78 is 5.54. The fraction of sp³-hybridized carbons (Fsp3) is 0.571. The maximum absolute atomic E-state index is 12.9. The predicted octanol–water partition coefficient (Wildman–Crippen LogP) is 2.62. The molecule has 0 radical (unpaired) electrons. The number of Topliss-reactive ketones (excluding diaryl/α,β-unsaturated/α-hetero) is 1. The number of nitrogens with zero attached hydrogens (tertiary/aromatic N) is 1. The van der Waals surface area contributed by atoms with Gasteiger partial charge in [0, 0.05) is 24.6 Å². The number of piperidine rings is 1. The second kappa shape index (κ2) is 9.59. The molecule has 1 fully saturated rings. The number of ketones is 1. The van der Waals surface area contributed by atoms with E-state index in [0.29, 0.717) is 42.9 Å². The van der Waals surface area contributed by atoms with Crippen LogP contribution in [0, 0.1) is 11.8 Å². The van der Waals surface area contributed by atoms with Crippen molar-refractivity contribution in [2.75, 3.05) is 18.4 Å². The second-order valence-corrected chi connectivity index (χ2v) is 7.84. The number of nitrogens with two attached hydrogens (primary N) is 1. The largest absolute Gasteiger partial charge is 0.479 e. The first kappa shape index (κ1) is 23.2. The van der Waals surface area contributed by atoms with Gasteiger partial charge in [0.05, 0.1) is 11.7 Å². The van der Waals surface area contributed by atoms with Crippen LogP contribution in [-0.2, 0) is 9.59 Å². The van der Waals surface area contributed by atoms with Crippen LogP contribution in [0.1, 0.15) is 50.4 Å². The zero-order valence-corrected chi connectivity index (χ0v) is 18.0. The monoisotopic (exact) mass is 423 g/mol. The molecular weight excluding hydrogens is 394 g/mol. The number of benzene rings is 1. The number of hydrogen-bond donors (Lipinski definition) is 2. The molecule has 0 spiro atoms. The van der Waals surface area contributed by atoms with E-state index in [1.165, 1.54) is 0 Å². The van der Waals surface area contributed by atoms with Crippen LogP contribution in [0.2, 0.25) is 0 Å². The second-order valence-electron chi connectivity index (χ2n) is 7.84. The molecule has 0 bridgehead atoms. The van der Waals surface area contributed by atoms with E-state index in [1.54, 1.807) is 30.0 Å². The van der Waals surface area contributed by atoms with Gasteiger partial charge in [-0.15, -0.1) is 12.4 Å². The number of carbonyl (C=O) groups is 3. The van der Waals surface area contributed by atoms with Gasteiger partial charge in [-0.2, -0.15) is 0 Å². The zero-order valence-electron chi connectivity index (χ0n) is 17.1. The van der Waals surface area contributed by atoms with Crippen molar-refractivity contribution in [1.29, 1.82) is 0 Å². The lowest BCUT2D eigenvalue weighted by atomic mass is 9.88.